The smallest absolute Gasteiger partial charge is 0.303 e. The number of amides is 1. The van der Waals surface area contributed by atoms with Crippen molar-refractivity contribution >= 4 is 29.0 Å². The highest BCUT2D eigenvalue weighted by atomic mass is 16.4. The van der Waals surface area contributed by atoms with E-state index in [0.29, 0.717) is 35.5 Å². The molecule has 0 saturated heterocycles. The standard InChI is InChI=1S/C21H20N2O5/c24-16-8-3-6-14-20(16)21(17-9-4-12-28-17)23(18(25)10-11-19(26)27)15-7-2-1-5-13(15)22-14/h1-2,4-5,7,9,12,21-22H,3,6,8,10-11H2,(H,26,27)/t21-/m0/s1. The van der Waals surface area contributed by atoms with E-state index in [1.54, 1.807) is 18.2 Å². The number of allylic oxidation sites excluding steroid dienone is 1. The molecule has 28 heavy (non-hydrogen) atoms. The molecule has 2 aromatic rings. The summed E-state index contributed by atoms with van der Waals surface area (Å²) in [6, 6.07) is 10.0. The van der Waals surface area contributed by atoms with Crippen molar-refractivity contribution in [3.8, 4) is 0 Å². The Morgan fingerprint density at radius 2 is 1.96 bits per heavy atom. The quantitative estimate of drug-likeness (QED) is 0.840. The van der Waals surface area contributed by atoms with E-state index in [-0.39, 0.29) is 24.5 Å². The molecular formula is C21H20N2O5. The molecule has 0 unspecified atom stereocenters. The molecular weight excluding hydrogens is 360 g/mol. The molecule has 7 heteroatoms. The van der Waals surface area contributed by atoms with Crippen molar-refractivity contribution in [1.82, 2.24) is 0 Å². The summed E-state index contributed by atoms with van der Waals surface area (Å²) in [5, 5.41) is 12.4. The molecule has 144 valence electrons. The number of carboxylic acid groups (broad SMARTS) is 1. The fraction of sp³-hybridized carbons (Fsp3) is 0.286. The van der Waals surface area contributed by atoms with E-state index in [2.05, 4.69) is 5.32 Å². The van der Waals surface area contributed by atoms with Crippen molar-refractivity contribution < 1.29 is 23.9 Å². The molecule has 1 aromatic carbocycles. The van der Waals surface area contributed by atoms with Crippen LogP contribution in [0.25, 0.3) is 0 Å². The summed E-state index contributed by atoms with van der Waals surface area (Å²) in [5.41, 5.74) is 2.61. The number of benzene rings is 1. The fourth-order valence-corrected chi connectivity index (χ4v) is 3.86. The third-order valence-corrected chi connectivity index (χ3v) is 5.07. The van der Waals surface area contributed by atoms with Crippen LogP contribution in [-0.2, 0) is 14.4 Å². The van der Waals surface area contributed by atoms with Gasteiger partial charge in [-0.05, 0) is 37.1 Å². The number of ketones is 1. The Bertz CT molecular complexity index is 961. The van der Waals surface area contributed by atoms with Crippen LogP contribution >= 0.6 is 0 Å². The van der Waals surface area contributed by atoms with E-state index in [1.165, 1.54) is 11.2 Å². The lowest BCUT2D eigenvalue weighted by Crippen LogP contribution is -2.38. The maximum atomic E-state index is 13.2. The molecule has 1 aliphatic heterocycles. The van der Waals surface area contributed by atoms with Gasteiger partial charge < -0.3 is 14.8 Å². The Labute approximate surface area is 161 Å². The zero-order valence-electron chi connectivity index (χ0n) is 15.2. The summed E-state index contributed by atoms with van der Waals surface area (Å²) < 4.78 is 5.62. The maximum absolute atomic E-state index is 13.2. The largest absolute Gasteiger partial charge is 0.481 e. The molecule has 1 atom stereocenters. The van der Waals surface area contributed by atoms with Crippen LogP contribution in [0, 0.1) is 0 Å². The van der Waals surface area contributed by atoms with Gasteiger partial charge in [0.15, 0.2) is 5.78 Å². The molecule has 0 saturated carbocycles. The van der Waals surface area contributed by atoms with Gasteiger partial charge in [0.25, 0.3) is 0 Å². The van der Waals surface area contributed by atoms with E-state index in [9.17, 15) is 14.4 Å². The highest BCUT2D eigenvalue weighted by Gasteiger charge is 2.40. The Balaban J connectivity index is 1.90. The number of para-hydroxylation sites is 2. The van der Waals surface area contributed by atoms with Crippen molar-refractivity contribution in [2.75, 3.05) is 10.2 Å². The van der Waals surface area contributed by atoms with Crippen molar-refractivity contribution in [3.63, 3.8) is 0 Å². The van der Waals surface area contributed by atoms with Crippen LogP contribution in [0.2, 0.25) is 0 Å². The molecule has 0 spiro atoms. The fourth-order valence-electron chi connectivity index (χ4n) is 3.86. The number of hydrogen-bond acceptors (Lipinski definition) is 5. The van der Waals surface area contributed by atoms with Crippen LogP contribution in [0.1, 0.15) is 43.9 Å². The summed E-state index contributed by atoms with van der Waals surface area (Å²) in [5.74, 6) is -0.966. The zero-order chi connectivity index (χ0) is 19.7. The number of carbonyl (C=O) groups is 3. The van der Waals surface area contributed by atoms with Crippen LogP contribution in [0.5, 0.6) is 0 Å². The van der Waals surface area contributed by atoms with E-state index in [0.717, 1.165) is 12.1 Å². The van der Waals surface area contributed by atoms with Crippen LogP contribution in [0.15, 0.2) is 58.3 Å². The van der Waals surface area contributed by atoms with E-state index < -0.39 is 12.0 Å². The molecule has 2 N–H and O–H groups in total. The minimum absolute atomic E-state index is 0.0287. The first kappa shape index (κ1) is 18.0. The number of aliphatic carboxylic acids is 1. The molecule has 4 rings (SSSR count). The molecule has 2 aliphatic rings. The van der Waals surface area contributed by atoms with Crippen molar-refractivity contribution in [3.05, 3.63) is 59.7 Å². The lowest BCUT2D eigenvalue weighted by atomic mass is 9.88. The molecule has 0 bridgehead atoms. The molecule has 2 heterocycles. The average molecular weight is 380 g/mol. The van der Waals surface area contributed by atoms with E-state index >= 15 is 0 Å². The van der Waals surface area contributed by atoms with Crippen LogP contribution in [-0.4, -0.2) is 22.8 Å². The van der Waals surface area contributed by atoms with Crippen molar-refractivity contribution in [2.45, 2.75) is 38.1 Å². The molecule has 0 radical (unpaired) electrons. The van der Waals surface area contributed by atoms with Gasteiger partial charge in [-0.3, -0.25) is 19.3 Å². The Morgan fingerprint density at radius 1 is 1.14 bits per heavy atom. The zero-order valence-corrected chi connectivity index (χ0v) is 15.2. The Kier molecular flexibility index (Phi) is 4.73. The summed E-state index contributed by atoms with van der Waals surface area (Å²) in [4.78, 5) is 38.6. The van der Waals surface area contributed by atoms with Crippen LogP contribution < -0.4 is 10.2 Å². The number of carboxylic acids is 1. The predicted octanol–water partition coefficient (Wildman–Crippen LogP) is 3.65. The molecule has 0 fully saturated rings. The van der Waals surface area contributed by atoms with Crippen LogP contribution in [0.4, 0.5) is 11.4 Å². The van der Waals surface area contributed by atoms with E-state index in [1.807, 2.05) is 18.2 Å². The number of Topliss-reactive ketones (excluding diaryl/α,β-unsaturated/α-hetero) is 1. The Hall–Kier alpha value is -3.35. The third-order valence-electron chi connectivity index (χ3n) is 5.07. The maximum Gasteiger partial charge on any atom is 0.303 e. The second-order valence-corrected chi connectivity index (χ2v) is 6.89. The monoisotopic (exact) mass is 380 g/mol. The SMILES string of the molecule is O=C(O)CCC(=O)N1c2ccccc2NC2=C(C(=O)CCC2)[C@@H]1c1ccco1. The topological polar surface area (TPSA) is 99.9 Å². The van der Waals surface area contributed by atoms with Gasteiger partial charge in [0, 0.05) is 24.1 Å². The lowest BCUT2D eigenvalue weighted by Gasteiger charge is -2.32. The van der Waals surface area contributed by atoms with Gasteiger partial charge in [-0.25, -0.2) is 0 Å². The first-order chi connectivity index (χ1) is 13.6. The second-order valence-electron chi connectivity index (χ2n) is 6.89. The number of furan rings is 1. The highest BCUT2D eigenvalue weighted by molar-refractivity contribution is 6.06. The lowest BCUT2D eigenvalue weighted by molar-refractivity contribution is -0.138. The molecule has 1 aliphatic carbocycles. The molecule has 1 aromatic heterocycles. The first-order valence-corrected chi connectivity index (χ1v) is 9.26. The minimum atomic E-state index is -1.04. The molecule has 7 nitrogen and oxygen atoms in total. The van der Waals surface area contributed by atoms with Gasteiger partial charge in [0.1, 0.15) is 11.8 Å². The summed E-state index contributed by atoms with van der Waals surface area (Å²) in [7, 11) is 0. The van der Waals surface area contributed by atoms with E-state index in [4.69, 9.17) is 9.52 Å². The first-order valence-electron chi connectivity index (χ1n) is 9.26. The van der Waals surface area contributed by atoms with Gasteiger partial charge in [-0.2, -0.15) is 0 Å². The Morgan fingerprint density at radius 3 is 2.71 bits per heavy atom. The average Bonchev–Trinajstić information content (AvgIpc) is 3.15. The van der Waals surface area contributed by atoms with Crippen LogP contribution in [0.3, 0.4) is 0 Å². The predicted molar refractivity (Wildman–Crippen MR) is 102 cm³/mol. The highest BCUT2D eigenvalue weighted by Crippen LogP contribution is 2.45. The normalized spacial score (nSPS) is 18.8. The van der Waals surface area contributed by atoms with Gasteiger partial charge in [0.05, 0.1) is 24.1 Å². The second kappa shape index (κ2) is 7.34. The summed E-state index contributed by atoms with van der Waals surface area (Å²) in [6.45, 7) is 0. The van der Waals surface area contributed by atoms with Gasteiger partial charge in [-0.1, -0.05) is 12.1 Å². The molecule has 1 amide bonds. The van der Waals surface area contributed by atoms with Gasteiger partial charge >= 0.3 is 5.97 Å². The van der Waals surface area contributed by atoms with Crippen molar-refractivity contribution in [1.29, 1.82) is 0 Å². The number of anilines is 2. The number of hydrogen-bond donors (Lipinski definition) is 2. The van der Waals surface area contributed by atoms with Crippen molar-refractivity contribution in [2.24, 2.45) is 0 Å². The third kappa shape index (κ3) is 3.19. The van der Waals surface area contributed by atoms with Gasteiger partial charge in [-0.15, -0.1) is 0 Å². The van der Waals surface area contributed by atoms with Gasteiger partial charge in [0.2, 0.25) is 5.91 Å². The summed E-state index contributed by atoms with van der Waals surface area (Å²) >= 11 is 0. The number of nitrogens with one attached hydrogen (secondary N) is 1. The minimum Gasteiger partial charge on any atom is -0.481 e. The number of fused-ring (bicyclic) bond motifs is 1. The number of rotatable bonds is 4. The summed E-state index contributed by atoms with van der Waals surface area (Å²) in [6.07, 6.45) is 2.90. The number of nitrogens with zero attached hydrogens (tertiary/aromatic N) is 1. The number of carbonyl (C=O) groups excluding carboxylic acids is 2.